The number of benzene rings is 1. The van der Waals surface area contributed by atoms with Gasteiger partial charge in [0.05, 0.1) is 6.04 Å². The number of hydrogen-bond acceptors (Lipinski definition) is 1. The molecule has 0 radical (unpaired) electrons. The molecule has 3 heteroatoms. The first kappa shape index (κ1) is 12.4. The van der Waals surface area contributed by atoms with Gasteiger partial charge in [-0.25, -0.2) is 4.39 Å². The Morgan fingerprint density at radius 3 is 2.60 bits per heavy atom. The SMILES string of the molecule is CNC(C=C(C)C)c1ccc(F)cc1Br. The third-order valence-corrected chi connectivity index (χ3v) is 2.80. The molecule has 0 fully saturated rings. The van der Waals surface area contributed by atoms with Crippen molar-refractivity contribution < 1.29 is 4.39 Å². The minimum absolute atomic E-state index is 0.116. The van der Waals surface area contributed by atoms with E-state index in [0.29, 0.717) is 0 Å². The van der Waals surface area contributed by atoms with Gasteiger partial charge in [-0.2, -0.15) is 0 Å². The molecule has 0 heterocycles. The van der Waals surface area contributed by atoms with Crippen LogP contribution >= 0.6 is 15.9 Å². The van der Waals surface area contributed by atoms with E-state index < -0.39 is 0 Å². The molecule has 0 spiro atoms. The summed E-state index contributed by atoms with van der Waals surface area (Å²) in [7, 11) is 1.89. The van der Waals surface area contributed by atoms with Gasteiger partial charge in [-0.1, -0.05) is 33.6 Å². The monoisotopic (exact) mass is 271 g/mol. The molecule has 0 amide bonds. The minimum atomic E-state index is -0.224. The first-order valence-electron chi connectivity index (χ1n) is 4.82. The molecule has 0 aliphatic carbocycles. The molecule has 15 heavy (non-hydrogen) atoms. The largest absolute Gasteiger partial charge is 0.310 e. The summed E-state index contributed by atoms with van der Waals surface area (Å²) in [6.45, 7) is 4.09. The first-order valence-corrected chi connectivity index (χ1v) is 5.61. The van der Waals surface area contributed by atoms with Gasteiger partial charge in [-0.15, -0.1) is 0 Å². The number of likely N-dealkylation sites (N-methyl/N-ethyl adjacent to an activating group) is 1. The molecule has 0 aliphatic heterocycles. The van der Waals surface area contributed by atoms with Crippen molar-refractivity contribution >= 4 is 15.9 Å². The van der Waals surface area contributed by atoms with E-state index in [1.807, 2.05) is 20.9 Å². The Hall–Kier alpha value is -0.670. The number of halogens is 2. The number of allylic oxidation sites excluding steroid dienone is 1. The van der Waals surface area contributed by atoms with E-state index in [9.17, 15) is 4.39 Å². The van der Waals surface area contributed by atoms with Gasteiger partial charge in [-0.3, -0.25) is 0 Å². The molecular formula is C12H15BrFN. The summed E-state index contributed by atoms with van der Waals surface area (Å²) >= 11 is 3.37. The normalized spacial score (nSPS) is 12.3. The highest BCUT2D eigenvalue weighted by Crippen LogP contribution is 2.25. The lowest BCUT2D eigenvalue weighted by molar-refractivity contribution is 0.623. The van der Waals surface area contributed by atoms with Crippen LogP contribution in [-0.2, 0) is 0 Å². The summed E-state index contributed by atoms with van der Waals surface area (Å²) in [5.74, 6) is -0.224. The Labute approximate surface area is 98.5 Å². The maximum absolute atomic E-state index is 12.9. The molecule has 1 aromatic rings. The predicted octanol–water partition coefficient (Wildman–Crippen LogP) is 3.81. The van der Waals surface area contributed by atoms with Gasteiger partial charge in [0, 0.05) is 4.47 Å². The molecule has 1 rings (SSSR count). The van der Waals surface area contributed by atoms with E-state index in [1.54, 1.807) is 6.07 Å². The van der Waals surface area contributed by atoms with Crippen molar-refractivity contribution in [1.82, 2.24) is 5.32 Å². The van der Waals surface area contributed by atoms with E-state index >= 15 is 0 Å². The van der Waals surface area contributed by atoms with Gasteiger partial charge in [0.15, 0.2) is 0 Å². The van der Waals surface area contributed by atoms with Gasteiger partial charge in [0.1, 0.15) is 5.82 Å². The molecule has 0 bridgehead atoms. The van der Waals surface area contributed by atoms with Gasteiger partial charge >= 0.3 is 0 Å². The van der Waals surface area contributed by atoms with Crippen molar-refractivity contribution in [2.75, 3.05) is 7.05 Å². The van der Waals surface area contributed by atoms with Crippen molar-refractivity contribution in [3.8, 4) is 0 Å². The molecule has 0 saturated carbocycles. The average Bonchev–Trinajstić information content (AvgIpc) is 2.14. The van der Waals surface area contributed by atoms with Gasteiger partial charge in [-0.05, 0) is 38.6 Å². The van der Waals surface area contributed by atoms with Crippen molar-refractivity contribution in [3.63, 3.8) is 0 Å². The quantitative estimate of drug-likeness (QED) is 0.825. The van der Waals surface area contributed by atoms with Gasteiger partial charge < -0.3 is 5.32 Å². The zero-order valence-corrected chi connectivity index (χ0v) is 10.7. The van der Waals surface area contributed by atoms with Crippen LogP contribution in [0.3, 0.4) is 0 Å². The van der Waals surface area contributed by atoms with Crippen LogP contribution in [0.15, 0.2) is 34.3 Å². The molecular weight excluding hydrogens is 257 g/mol. The van der Waals surface area contributed by atoms with Crippen LogP contribution in [0.4, 0.5) is 4.39 Å². The van der Waals surface area contributed by atoms with Crippen LogP contribution in [0.25, 0.3) is 0 Å². The maximum atomic E-state index is 12.9. The Morgan fingerprint density at radius 1 is 1.47 bits per heavy atom. The second-order valence-electron chi connectivity index (χ2n) is 3.68. The van der Waals surface area contributed by atoms with Crippen LogP contribution in [0.5, 0.6) is 0 Å². The molecule has 1 N–H and O–H groups in total. The summed E-state index contributed by atoms with van der Waals surface area (Å²) < 4.78 is 13.7. The Kier molecular flexibility index (Phi) is 4.48. The van der Waals surface area contributed by atoms with E-state index in [0.717, 1.165) is 10.0 Å². The minimum Gasteiger partial charge on any atom is -0.310 e. The zero-order valence-electron chi connectivity index (χ0n) is 9.14. The standard InChI is InChI=1S/C12H15BrFN/c1-8(2)6-12(15-3)10-5-4-9(14)7-11(10)13/h4-7,12,15H,1-3H3. The highest BCUT2D eigenvalue weighted by Gasteiger charge is 2.10. The first-order chi connectivity index (χ1) is 7.04. The number of rotatable bonds is 3. The molecule has 0 saturated heterocycles. The third kappa shape index (κ3) is 3.43. The van der Waals surface area contributed by atoms with Crippen LogP contribution in [0.1, 0.15) is 25.5 Å². The highest BCUT2D eigenvalue weighted by molar-refractivity contribution is 9.10. The van der Waals surface area contributed by atoms with E-state index in [4.69, 9.17) is 0 Å². The van der Waals surface area contributed by atoms with E-state index in [-0.39, 0.29) is 11.9 Å². The fraction of sp³-hybridized carbons (Fsp3) is 0.333. The number of hydrogen-bond donors (Lipinski definition) is 1. The predicted molar refractivity (Wildman–Crippen MR) is 65.3 cm³/mol. The second-order valence-corrected chi connectivity index (χ2v) is 4.53. The zero-order chi connectivity index (χ0) is 11.4. The Bertz CT molecular complexity index is 370. The molecule has 1 nitrogen and oxygen atoms in total. The molecule has 0 aliphatic rings. The molecule has 1 unspecified atom stereocenters. The van der Waals surface area contributed by atoms with Crippen molar-refractivity contribution in [1.29, 1.82) is 0 Å². The summed E-state index contributed by atoms with van der Waals surface area (Å²) in [6, 6.07) is 4.87. The van der Waals surface area contributed by atoms with Crippen molar-refractivity contribution in [2.24, 2.45) is 0 Å². The fourth-order valence-corrected chi connectivity index (χ4v) is 2.01. The van der Waals surface area contributed by atoms with Crippen LogP contribution < -0.4 is 5.32 Å². The third-order valence-electron chi connectivity index (χ3n) is 2.11. The number of nitrogens with one attached hydrogen (secondary N) is 1. The van der Waals surface area contributed by atoms with Crippen LogP contribution in [-0.4, -0.2) is 7.05 Å². The second kappa shape index (κ2) is 5.42. The smallest absolute Gasteiger partial charge is 0.124 e. The summed E-state index contributed by atoms with van der Waals surface area (Å²) in [5.41, 5.74) is 2.27. The molecule has 1 aromatic carbocycles. The average molecular weight is 272 g/mol. The highest BCUT2D eigenvalue weighted by atomic mass is 79.9. The fourth-order valence-electron chi connectivity index (χ4n) is 1.42. The van der Waals surface area contributed by atoms with Gasteiger partial charge in [0.25, 0.3) is 0 Å². The maximum Gasteiger partial charge on any atom is 0.124 e. The van der Waals surface area contributed by atoms with Crippen molar-refractivity contribution in [3.05, 3.63) is 45.7 Å². The van der Waals surface area contributed by atoms with Crippen LogP contribution in [0.2, 0.25) is 0 Å². The summed E-state index contributed by atoms with van der Waals surface area (Å²) in [4.78, 5) is 0. The van der Waals surface area contributed by atoms with E-state index in [2.05, 4.69) is 27.3 Å². The lowest BCUT2D eigenvalue weighted by Gasteiger charge is -2.15. The molecule has 82 valence electrons. The Morgan fingerprint density at radius 2 is 2.13 bits per heavy atom. The Balaban J connectivity index is 3.07. The summed E-state index contributed by atoms with van der Waals surface area (Å²) in [6.07, 6.45) is 2.11. The topological polar surface area (TPSA) is 12.0 Å². The van der Waals surface area contributed by atoms with Crippen LogP contribution in [0, 0.1) is 5.82 Å². The molecule has 1 atom stereocenters. The van der Waals surface area contributed by atoms with Gasteiger partial charge in [0.2, 0.25) is 0 Å². The lowest BCUT2D eigenvalue weighted by Crippen LogP contribution is -2.14. The lowest BCUT2D eigenvalue weighted by atomic mass is 10.0. The van der Waals surface area contributed by atoms with Crippen molar-refractivity contribution in [2.45, 2.75) is 19.9 Å². The summed E-state index contributed by atoms with van der Waals surface area (Å²) in [5, 5.41) is 3.18. The van der Waals surface area contributed by atoms with E-state index in [1.165, 1.54) is 17.7 Å². The molecule has 0 aromatic heterocycles.